The first-order valence-corrected chi connectivity index (χ1v) is 7.00. The van der Waals surface area contributed by atoms with Gasteiger partial charge in [-0.2, -0.15) is 0 Å². The summed E-state index contributed by atoms with van der Waals surface area (Å²) in [6.07, 6.45) is 1.62. The van der Waals surface area contributed by atoms with Crippen LogP contribution in [0.5, 0.6) is 0 Å². The van der Waals surface area contributed by atoms with Gasteiger partial charge in [0.1, 0.15) is 6.54 Å². The molecule has 0 radical (unpaired) electrons. The van der Waals surface area contributed by atoms with Crippen molar-refractivity contribution in [2.24, 2.45) is 0 Å². The quantitative estimate of drug-likeness (QED) is 0.869. The van der Waals surface area contributed by atoms with E-state index < -0.39 is 0 Å². The number of anilines is 1. The first kappa shape index (κ1) is 14.6. The number of ether oxygens (including phenoxy) is 1. The number of fused-ring (bicyclic) bond motifs is 1. The monoisotopic (exact) mass is 338 g/mol. The topological polar surface area (TPSA) is 62.4 Å². The van der Waals surface area contributed by atoms with Gasteiger partial charge in [0.05, 0.1) is 12.0 Å². The number of esters is 1. The maximum atomic E-state index is 11.8. The molecule has 106 valence electrons. The van der Waals surface area contributed by atoms with Crippen molar-refractivity contribution in [3.05, 3.63) is 39.2 Å². The van der Waals surface area contributed by atoms with Gasteiger partial charge in [-0.15, -0.1) is 0 Å². The van der Waals surface area contributed by atoms with Gasteiger partial charge in [-0.25, -0.2) is 0 Å². The van der Waals surface area contributed by atoms with Gasteiger partial charge < -0.3 is 14.6 Å². The summed E-state index contributed by atoms with van der Waals surface area (Å²) < 4.78 is 5.73. The van der Waals surface area contributed by atoms with Crippen molar-refractivity contribution in [1.82, 2.24) is 4.98 Å². The standard InChI is InChI=1S/C14H15BrN2O3/c1-3-20-13(18)8-17(2)9-4-5-10-11(6-9)14(19)16-7-12(10)15/h4-7H,3,8H2,1-2H3,(H,16,19). The number of benzene rings is 1. The summed E-state index contributed by atoms with van der Waals surface area (Å²) in [5.74, 6) is -0.293. The minimum absolute atomic E-state index is 0.144. The van der Waals surface area contributed by atoms with Crippen molar-refractivity contribution in [2.75, 3.05) is 25.1 Å². The molecule has 0 spiro atoms. The molecule has 0 fully saturated rings. The fourth-order valence-electron chi connectivity index (χ4n) is 1.94. The average Bonchev–Trinajstić information content (AvgIpc) is 2.43. The fraction of sp³-hybridized carbons (Fsp3) is 0.286. The van der Waals surface area contributed by atoms with Gasteiger partial charge in [-0.1, -0.05) is 6.07 Å². The highest BCUT2D eigenvalue weighted by molar-refractivity contribution is 9.10. The Balaban J connectivity index is 2.34. The van der Waals surface area contributed by atoms with Crippen LogP contribution in [-0.4, -0.2) is 31.2 Å². The van der Waals surface area contributed by atoms with Gasteiger partial charge in [0, 0.05) is 28.8 Å². The smallest absolute Gasteiger partial charge is 0.325 e. The molecular formula is C14H15BrN2O3. The first-order valence-electron chi connectivity index (χ1n) is 6.20. The molecule has 0 aliphatic carbocycles. The summed E-state index contributed by atoms with van der Waals surface area (Å²) in [5, 5.41) is 1.41. The van der Waals surface area contributed by atoms with E-state index >= 15 is 0 Å². The number of rotatable bonds is 4. The van der Waals surface area contributed by atoms with Crippen LogP contribution in [0.25, 0.3) is 10.8 Å². The number of nitrogens with one attached hydrogen (secondary N) is 1. The largest absolute Gasteiger partial charge is 0.465 e. The van der Waals surface area contributed by atoms with Crippen LogP contribution in [0, 0.1) is 0 Å². The van der Waals surface area contributed by atoms with Crippen LogP contribution >= 0.6 is 15.9 Å². The second-order valence-corrected chi connectivity index (χ2v) is 5.21. The number of aromatic nitrogens is 1. The maximum Gasteiger partial charge on any atom is 0.325 e. The van der Waals surface area contributed by atoms with Crippen molar-refractivity contribution in [3.63, 3.8) is 0 Å². The number of hydrogen-bond acceptors (Lipinski definition) is 4. The molecule has 0 saturated carbocycles. The maximum absolute atomic E-state index is 11.8. The van der Waals surface area contributed by atoms with E-state index in [0.717, 1.165) is 15.5 Å². The predicted molar refractivity (Wildman–Crippen MR) is 82.2 cm³/mol. The van der Waals surface area contributed by atoms with Gasteiger partial charge >= 0.3 is 5.97 Å². The minimum atomic E-state index is -0.293. The van der Waals surface area contributed by atoms with Crippen molar-refractivity contribution in [1.29, 1.82) is 0 Å². The van der Waals surface area contributed by atoms with Crippen molar-refractivity contribution >= 4 is 38.4 Å². The third kappa shape index (κ3) is 3.01. The zero-order chi connectivity index (χ0) is 14.7. The number of H-pyrrole nitrogens is 1. The lowest BCUT2D eigenvalue weighted by molar-refractivity contribution is -0.141. The van der Waals surface area contributed by atoms with E-state index in [4.69, 9.17) is 4.74 Å². The highest BCUT2D eigenvalue weighted by Crippen LogP contribution is 2.24. The molecular weight excluding hydrogens is 324 g/mol. The molecule has 0 amide bonds. The summed E-state index contributed by atoms with van der Waals surface area (Å²) in [6, 6.07) is 5.48. The average molecular weight is 339 g/mol. The fourth-order valence-corrected chi connectivity index (χ4v) is 2.40. The molecule has 0 unspecified atom stereocenters. The molecule has 1 N–H and O–H groups in total. The normalized spacial score (nSPS) is 10.6. The summed E-state index contributed by atoms with van der Waals surface area (Å²) in [4.78, 5) is 27.7. The molecule has 2 aromatic rings. The van der Waals surface area contributed by atoms with Crippen LogP contribution in [0.1, 0.15) is 6.92 Å². The van der Waals surface area contributed by atoms with Gasteiger partial charge in [0.15, 0.2) is 0 Å². The number of hydrogen-bond donors (Lipinski definition) is 1. The van der Waals surface area contributed by atoms with Crippen LogP contribution < -0.4 is 10.5 Å². The first-order chi connectivity index (χ1) is 9.52. The Bertz CT molecular complexity index is 696. The molecule has 0 bridgehead atoms. The van der Waals surface area contributed by atoms with Gasteiger partial charge in [-0.3, -0.25) is 9.59 Å². The number of nitrogens with zero attached hydrogens (tertiary/aromatic N) is 1. The number of halogens is 1. The Labute approximate surface area is 124 Å². The Kier molecular flexibility index (Phi) is 4.44. The van der Waals surface area contributed by atoms with E-state index in [0.29, 0.717) is 12.0 Å². The Hall–Kier alpha value is -1.82. The van der Waals surface area contributed by atoms with Crippen LogP contribution in [0.15, 0.2) is 33.7 Å². The van der Waals surface area contributed by atoms with E-state index in [1.165, 1.54) is 0 Å². The number of pyridine rings is 1. The second kappa shape index (κ2) is 6.09. The number of likely N-dealkylation sites (N-methyl/N-ethyl adjacent to an activating group) is 1. The number of carbonyl (C=O) groups is 1. The van der Waals surface area contributed by atoms with Gasteiger partial charge in [0.2, 0.25) is 0 Å². The summed E-state index contributed by atoms with van der Waals surface area (Å²) in [6.45, 7) is 2.27. The van der Waals surface area contributed by atoms with Gasteiger partial charge in [-0.05, 0) is 35.0 Å². The van der Waals surface area contributed by atoms with Gasteiger partial charge in [0.25, 0.3) is 5.56 Å². The van der Waals surface area contributed by atoms with Crippen molar-refractivity contribution in [3.8, 4) is 0 Å². The van der Waals surface area contributed by atoms with Crippen molar-refractivity contribution in [2.45, 2.75) is 6.92 Å². The third-order valence-electron chi connectivity index (χ3n) is 2.95. The zero-order valence-corrected chi connectivity index (χ0v) is 12.9. The second-order valence-electron chi connectivity index (χ2n) is 4.36. The lowest BCUT2D eigenvalue weighted by Crippen LogP contribution is -2.27. The molecule has 0 atom stereocenters. The lowest BCUT2D eigenvalue weighted by atomic mass is 10.1. The number of aromatic amines is 1. The van der Waals surface area contributed by atoms with Crippen LogP contribution in [-0.2, 0) is 9.53 Å². The van der Waals surface area contributed by atoms with Crippen LogP contribution in [0.3, 0.4) is 0 Å². The predicted octanol–water partition coefficient (Wildman–Crippen LogP) is 2.29. The molecule has 2 rings (SSSR count). The summed E-state index contributed by atoms with van der Waals surface area (Å²) in [7, 11) is 1.78. The SMILES string of the molecule is CCOC(=O)CN(C)c1ccc2c(Br)c[nH]c(=O)c2c1. The molecule has 0 aliphatic rings. The Morgan fingerprint density at radius 1 is 1.40 bits per heavy atom. The third-order valence-corrected chi connectivity index (χ3v) is 3.60. The summed E-state index contributed by atoms with van der Waals surface area (Å²) in [5.41, 5.74) is 0.628. The van der Waals surface area contributed by atoms with E-state index in [1.807, 2.05) is 12.1 Å². The molecule has 1 heterocycles. The lowest BCUT2D eigenvalue weighted by Gasteiger charge is -2.18. The van der Waals surface area contributed by atoms with E-state index in [2.05, 4.69) is 20.9 Å². The molecule has 1 aromatic heterocycles. The minimum Gasteiger partial charge on any atom is -0.465 e. The van der Waals surface area contributed by atoms with E-state index in [1.54, 1.807) is 31.1 Å². The Morgan fingerprint density at radius 2 is 2.15 bits per heavy atom. The van der Waals surface area contributed by atoms with E-state index in [9.17, 15) is 9.59 Å². The van der Waals surface area contributed by atoms with Crippen LogP contribution in [0.4, 0.5) is 5.69 Å². The highest BCUT2D eigenvalue weighted by atomic mass is 79.9. The molecule has 1 aromatic carbocycles. The molecule has 5 nitrogen and oxygen atoms in total. The highest BCUT2D eigenvalue weighted by Gasteiger charge is 2.10. The van der Waals surface area contributed by atoms with Crippen molar-refractivity contribution < 1.29 is 9.53 Å². The Morgan fingerprint density at radius 3 is 2.85 bits per heavy atom. The molecule has 0 aliphatic heterocycles. The molecule has 0 saturated heterocycles. The molecule has 6 heteroatoms. The zero-order valence-electron chi connectivity index (χ0n) is 11.3. The summed E-state index contributed by atoms with van der Waals surface area (Å²) >= 11 is 3.40. The number of carbonyl (C=O) groups excluding carboxylic acids is 1. The van der Waals surface area contributed by atoms with E-state index in [-0.39, 0.29) is 18.1 Å². The van der Waals surface area contributed by atoms with Crippen LogP contribution in [0.2, 0.25) is 0 Å². The molecule has 20 heavy (non-hydrogen) atoms.